The predicted molar refractivity (Wildman–Crippen MR) is 80.2 cm³/mol. The maximum atomic E-state index is 6.01. The van der Waals surface area contributed by atoms with Crippen LogP contribution in [0.5, 0.6) is 0 Å². The van der Waals surface area contributed by atoms with Crippen LogP contribution in [0.25, 0.3) is 0 Å². The Labute approximate surface area is 123 Å². The molecule has 1 N–H and O–H groups in total. The molecule has 2 heterocycles. The van der Waals surface area contributed by atoms with Crippen molar-refractivity contribution in [3.63, 3.8) is 0 Å². The number of hydrogen-bond acceptors (Lipinski definition) is 3. The van der Waals surface area contributed by atoms with E-state index in [0.717, 1.165) is 16.5 Å². The number of rotatable bonds is 2. The molecule has 1 aromatic carbocycles. The quantitative estimate of drug-likeness (QED) is 0.913. The SMILES string of the molecule is CC1c2nccnc2NC1C1(c2ccc(Cl)cc2)CC1. The summed E-state index contributed by atoms with van der Waals surface area (Å²) in [5.41, 5.74) is 2.68. The number of aromatic nitrogens is 2. The zero-order chi connectivity index (χ0) is 13.7. The van der Waals surface area contributed by atoms with Gasteiger partial charge in [0.2, 0.25) is 0 Å². The van der Waals surface area contributed by atoms with E-state index in [1.165, 1.54) is 18.4 Å². The average molecular weight is 286 g/mol. The summed E-state index contributed by atoms with van der Waals surface area (Å²) in [6, 6.07) is 8.67. The molecule has 2 atom stereocenters. The molecule has 102 valence electrons. The van der Waals surface area contributed by atoms with Crippen molar-refractivity contribution in [3.05, 3.63) is 52.9 Å². The largest absolute Gasteiger partial charge is 0.364 e. The Bertz CT molecular complexity index is 649. The first kappa shape index (κ1) is 12.2. The summed E-state index contributed by atoms with van der Waals surface area (Å²) in [7, 11) is 0. The molecule has 20 heavy (non-hydrogen) atoms. The van der Waals surface area contributed by atoms with Gasteiger partial charge >= 0.3 is 0 Å². The third-order valence-electron chi connectivity index (χ3n) is 4.75. The topological polar surface area (TPSA) is 37.8 Å². The molecular formula is C16H16ClN3. The highest BCUT2D eigenvalue weighted by molar-refractivity contribution is 6.30. The lowest BCUT2D eigenvalue weighted by molar-refractivity contribution is 0.499. The first-order chi connectivity index (χ1) is 9.71. The van der Waals surface area contributed by atoms with Gasteiger partial charge in [0.15, 0.2) is 0 Å². The van der Waals surface area contributed by atoms with E-state index in [1.54, 1.807) is 12.4 Å². The van der Waals surface area contributed by atoms with Crippen molar-refractivity contribution in [1.82, 2.24) is 9.97 Å². The molecule has 1 fully saturated rings. The van der Waals surface area contributed by atoms with Crippen LogP contribution in [0.15, 0.2) is 36.7 Å². The minimum absolute atomic E-state index is 0.215. The van der Waals surface area contributed by atoms with Gasteiger partial charge in [-0.2, -0.15) is 0 Å². The number of anilines is 1. The highest BCUT2D eigenvalue weighted by Crippen LogP contribution is 2.57. The second-order valence-corrected chi connectivity index (χ2v) is 6.30. The van der Waals surface area contributed by atoms with Crippen molar-refractivity contribution < 1.29 is 0 Å². The van der Waals surface area contributed by atoms with E-state index in [4.69, 9.17) is 11.6 Å². The van der Waals surface area contributed by atoms with Crippen LogP contribution in [0.2, 0.25) is 5.02 Å². The molecule has 3 nitrogen and oxygen atoms in total. The number of halogens is 1. The molecule has 2 aliphatic rings. The lowest BCUT2D eigenvalue weighted by atomic mass is 9.82. The van der Waals surface area contributed by atoms with Gasteiger partial charge in [-0.05, 0) is 30.5 Å². The Morgan fingerprint density at radius 3 is 2.50 bits per heavy atom. The molecule has 4 heteroatoms. The molecule has 1 aliphatic carbocycles. The average Bonchev–Trinajstić information content (AvgIpc) is 3.20. The monoisotopic (exact) mass is 285 g/mol. The normalized spacial score (nSPS) is 25.9. The Hall–Kier alpha value is -1.61. The summed E-state index contributed by atoms with van der Waals surface area (Å²) in [5.74, 6) is 1.34. The molecule has 1 aromatic heterocycles. The minimum Gasteiger partial charge on any atom is -0.364 e. The molecule has 2 aromatic rings. The second kappa shape index (κ2) is 4.19. The summed E-state index contributed by atoms with van der Waals surface area (Å²) in [6.45, 7) is 2.24. The standard InChI is InChI=1S/C16H16ClN3/c1-10-13-15(19-9-8-18-13)20-14(10)16(6-7-16)11-2-4-12(17)5-3-11/h2-5,8-10,14H,6-7H2,1H3,(H,19,20). The van der Waals surface area contributed by atoms with Crippen LogP contribution >= 0.6 is 11.6 Å². The van der Waals surface area contributed by atoms with E-state index in [9.17, 15) is 0 Å². The van der Waals surface area contributed by atoms with E-state index in [2.05, 4.69) is 34.3 Å². The fourth-order valence-electron chi connectivity index (χ4n) is 3.54. The molecule has 0 bridgehead atoms. The van der Waals surface area contributed by atoms with Crippen LogP contribution in [0.4, 0.5) is 5.82 Å². The molecule has 0 amide bonds. The van der Waals surface area contributed by atoms with Crippen molar-refractivity contribution in [2.75, 3.05) is 5.32 Å². The molecule has 1 saturated carbocycles. The molecule has 0 radical (unpaired) electrons. The maximum absolute atomic E-state index is 6.01. The summed E-state index contributed by atoms with van der Waals surface area (Å²) in [6.07, 6.45) is 5.96. The number of fused-ring (bicyclic) bond motifs is 1. The van der Waals surface area contributed by atoms with Crippen LogP contribution in [0.1, 0.15) is 36.9 Å². The van der Waals surface area contributed by atoms with Gasteiger partial charge in [0.1, 0.15) is 5.82 Å². The minimum atomic E-state index is 0.215. The molecule has 0 saturated heterocycles. The van der Waals surface area contributed by atoms with Crippen molar-refractivity contribution in [1.29, 1.82) is 0 Å². The Balaban J connectivity index is 1.71. The number of hydrogen-bond donors (Lipinski definition) is 1. The summed E-state index contributed by atoms with van der Waals surface area (Å²) in [4.78, 5) is 8.91. The third-order valence-corrected chi connectivity index (χ3v) is 5.01. The van der Waals surface area contributed by atoms with Crippen LogP contribution in [-0.2, 0) is 5.41 Å². The van der Waals surface area contributed by atoms with Gasteiger partial charge in [0.05, 0.1) is 5.69 Å². The van der Waals surface area contributed by atoms with Gasteiger partial charge in [-0.25, -0.2) is 4.98 Å². The fraction of sp³-hybridized carbons (Fsp3) is 0.375. The Morgan fingerprint density at radius 1 is 1.15 bits per heavy atom. The first-order valence-corrected chi connectivity index (χ1v) is 7.42. The smallest absolute Gasteiger partial charge is 0.148 e. The highest BCUT2D eigenvalue weighted by Gasteiger charge is 2.55. The van der Waals surface area contributed by atoms with Gasteiger partial charge in [-0.3, -0.25) is 4.98 Å². The summed E-state index contributed by atoms with van der Waals surface area (Å²) >= 11 is 6.01. The van der Waals surface area contributed by atoms with Crippen molar-refractivity contribution in [2.45, 2.75) is 37.1 Å². The number of nitrogens with one attached hydrogen (secondary N) is 1. The zero-order valence-electron chi connectivity index (χ0n) is 11.3. The first-order valence-electron chi connectivity index (χ1n) is 7.04. The van der Waals surface area contributed by atoms with Crippen LogP contribution in [-0.4, -0.2) is 16.0 Å². The third kappa shape index (κ3) is 1.66. The lowest BCUT2D eigenvalue weighted by Gasteiger charge is -2.27. The maximum Gasteiger partial charge on any atom is 0.148 e. The van der Waals surface area contributed by atoms with Crippen molar-refractivity contribution in [2.24, 2.45) is 0 Å². The number of nitrogens with zero attached hydrogens (tertiary/aromatic N) is 2. The number of benzene rings is 1. The van der Waals surface area contributed by atoms with Crippen LogP contribution < -0.4 is 5.32 Å². The molecule has 1 aliphatic heterocycles. The second-order valence-electron chi connectivity index (χ2n) is 5.86. The molecule has 4 rings (SSSR count). The van der Waals surface area contributed by atoms with Crippen LogP contribution in [0.3, 0.4) is 0 Å². The molecule has 0 spiro atoms. The Kier molecular flexibility index (Phi) is 2.55. The van der Waals surface area contributed by atoms with Gasteiger partial charge in [-0.1, -0.05) is 30.7 Å². The van der Waals surface area contributed by atoms with E-state index < -0.39 is 0 Å². The molecule has 2 unspecified atom stereocenters. The van der Waals surface area contributed by atoms with Gasteiger partial charge in [-0.15, -0.1) is 0 Å². The highest BCUT2D eigenvalue weighted by atomic mass is 35.5. The fourth-order valence-corrected chi connectivity index (χ4v) is 3.66. The zero-order valence-corrected chi connectivity index (χ0v) is 12.1. The van der Waals surface area contributed by atoms with E-state index in [0.29, 0.717) is 12.0 Å². The van der Waals surface area contributed by atoms with E-state index >= 15 is 0 Å². The van der Waals surface area contributed by atoms with Gasteiger partial charge < -0.3 is 5.32 Å². The summed E-state index contributed by atoms with van der Waals surface area (Å²) in [5, 5.41) is 4.39. The van der Waals surface area contributed by atoms with E-state index in [-0.39, 0.29) is 5.41 Å². The van der Waals surface area contributed by atoms with Gasteiger partial charge in [0.25, 0.3) is 0 Å². The lowest BCUT2D eigenvalue weighted by Crippen LogP contribution is -2.34. The molecular weight excluding hydrogens is 270 g/mol. The van der Waals surface area contributed by atoms with Gasteiger partial charge in [0, 0.05) is 34.8 Å². The van der Waals surface area contributed by atoms with Crippen molar-refractivity contribution >= 4 is 17.4 Å². The summed E-state index contributed by atoms with van der Waals surface area (Å²) < 4.78 is 0. The van der Waals surface area contributed by atoms with E-state index in [1.807, 2.05) is 12.1 Å². The van der Waals surface area contributed by atoms with Crippen LogP contribution in [0, 0.1) is 0 Å². The predicted octanol–water partition coefficient (Wildman–Crippen LogP) is 3.76. The Morgan fingerprint density at radius 2 is 1.85 bits per heavy atom. The van der Waals surface area contributed by atoms with Crippen molar-refractivity contribution in [3.8, 4) is 0 Å².